The normalized spacial score (nSPS) is 10.5. The summed E-state index contributed by atoms with van der Waals surface area (Å²) in [5.41, 5.74) is 1.03. The molecule has 0 unspecified atom stereocenters. The van der Waals surface area contributed by atoms with Crippen LogP contribution < -0.4 is 5.32 Å². The van der Waals surface area contributed by atoms with Crippen LogP contribution >= 0.6 is 23.4 Å². The molecular formula is C18H15ClN6O5S. The molecule has 0 atom stereocenters. The van der Waals surface area contributed by atoms with Gasteiger partial charge < -0.3 is 10.1 Å². The number of benzene rings is 2. The van der Waals surface area contributed by atoms with Crippen molar-refractivity contribution in [2.24, 2.45) is 0 Å². The van der Waals surface area contributed by atoms with Crippen molar-refractivity contribution in [2.45, 2.75) is 12.1 Å². The van der Waals surface area contributed by atoms with Gasteiger partial charge in [0.15, 0.2) is 0 Å². The predicted octanol–water partition coefficient (Wildman–Crippen LogP) is 3.05. The fourth-order valence-corrected chi connectivity index (χ4v) is 3.55. The monoisotopic (exact) mass is 462 g/mol. The molecule has 0 aliphatic carbocycles. The molecule has 0 aliphatic rings. The number of carbonyl (C=O) groups is 2. The van der Waals surface area contributed by atoms with Crippen LogP contribution in [0.3, 0.4) is 0 Å². The molecule has 0 bridgehead atoms. The molecule has 13 heteroatoms. The molecule has 0 aliphatic heterocycles. The van der Waals surface area contributed by atoms with Gasteiger partial charge in [-0.3, -0.25) is 14.9 Å². The summed E-state index contributed by atoms with van der Waals surface area (Å²) in [7, 11) is 1.17. The molecular weight excluding hydrogens is 448 g/mol. The lowest BCUT2D eigenvalue weighted by Gasteiger charge is -2.08. The number of nitro benzene ring substituents is 1. The Labute approximate surface area is 184 Å². The Hall–Kier alpha value is -3.51. The molecule has 3 aromatic rings. The average Bonchev–Trinajstić information content (AvgIpc) is 3.20. The molecule has 0 saturated carbocycles. The number of aryl methyl sites for hydroxylation is 1. The van der Waals surface area contributed by atoms with Crippen LogP contribution in [0.4, 0.5) is 11.4 Å². The Kier molecular flexibility index (Phi) is 6.82. The molecule has 31 heavy (non-hydrogen) atoms. The van der Waals surface area contributed by atoms with Crippen LogP contribution in [-0.2, 0) is 9.53 Å². The van der Waals surface area contributed by atoms with Crippen molar-refractivity contribution in [3.05, 3.63) is 62.7 Å². The van der Waals surface area contributed by atoms with Gasteiger partial charge in [-0.15, -0.1) is 5.10 Å². The number of nitrogens with zero attached hydrogens (tertiary/aromatic N) is 5. The van der Waals surface area contributed by atoms with Crippen molar-refractivity contribution in [2.75, 3.05) is 18.2 Å². The fourth-order valence-electron chi connectivity index (χ4n) is 2.55. The minimum absolute atomic E-state index is 0.00396. The minimum atomic E-state index is -0.724. The summed E-state index contributed by atoms with van der Waals surface area (Å²) >= 11 is 7.28. The van der Waals surface area contributed by atoms with E-state index >= 15 is 0 Å². The van der Waals surface area contributed by atoms with Gasteiger partial charge in [-0.1, -0.05) is 29.4 Å². The van der Waals surface area contributed by atoms with Gasteiger partial charge in [0.2, 0.25) is 11.1 Å². The van der Waals surface area contributed by atoms with E-state index in [0.29, 0.717) is 15.9 Å². The zero-order chi connectivity index (χ0) is 22.5. The molecule has 11 nitrogen and oxygen atoms in total. The lowest BCUT2D eigenvalue weighted by molar-refractivity contribution is -0.384. The number of methoxy groups -OCH3 is 1. The maximum Gasteiger partial charge on any atom is 0.338 e. The van der Waals surface area contributed by atoms with Gasteiger partial charge in [0, 0.05) is 6.07 Å². The Morgan fingerprint density at radius 1 is 1.29 bits per heavy atom. The van der Waals surface area contributed by atoms with Gasteiger partial charge in [0.05, 0.1) is 34.1 Å². The highest BCUT2D eigenvalue weighted by Crippen LogP contribution is 2.28. The first kappa shape index (κ1) is 22.2. The highest BCUT2D eigenvalue weighted by Gasteiger charge is 2.20. The van der Waals surface area contributed by atoms with E-state index < -0.39 is 22.5 Å². The molecule has 2 aromatic carbocycles. The van der Waals surface area contributed by atoms with Crippen molar-refractivity contribution in [1.82, 2.24) is 20.2 Å². The molecule has 3 rings (SSSR count). The van der Waals surface area contributed by atoms with Crippen LogP contribution in [0.25, 0.3) is 5.69 Å². The van der Waals surface area contributed by atoms with E-state index in [1.165, 1.54) is 23.9 Å². The molecule has 0 spiro atoms. The third-order valence-corrected chi connectivity index (χ3v) is 5.22. The topological polar surface area (TPSA) is 142 Å². The lowest BCUT2D eigenvalue weighted by atomic mass is 10.1. The standard InChI is InChI=1S/C18H15ClN6O5S/c1-10-3-6-14(12(19)7-10)24-18(21-22-23-24)31-9-16(26)20-13-5-4-11(17(27)30-2)8-15(13)25(28)29/h3-8H,9H2,1-2H3,(H,20,26). The number of aromatic nitrogens is 4. The summed E-state index contributed by atoms with van der Waals surface area (Å²) in [6.45, 7) is 1.89. The van der Waals surface area contributed by atoms with Gasteiger partial charge in [-0.05, 0) is 47.2 Å². The number of halogens is 1. The highest BCUT2D eigenvalue weighted by atomic mass is 35.5. The second kappa shape index (κ2) is 9.53. The number of nitro groups is 1. The van der Waals surface area contributed by atoms with Gasteiger partial charge in [0.25, 0.3) is 5.69 Å². The summed E-state index contributed by atoms with van der Waals surface area (Å²) in [4.78, 5) is 34.6. The number of ether oxygens (including phenoxy) is 1. The number of tetrazole rings is 1. The second-order valence-corrected chi connectivity index (χ2v) is 7.50. The van der Waals surface area contributed by atoms with Crippen molar-refractivity contribution in [1.29, 1.82) is 0 Å². The molecule has 0 radical (unpaired) electrons. The van der Waals surface area contributed by atoms with Gasteiger partial charge in [-0.2, -0.15) is 4.68 Å². The third kappa shape index (κ3) is 5.16. The number of nitrogens with one attached hydrogen (secondary N) is 1. The van der Waals surface area contributed by atoms with Gasteiger partial charge >= 0.3 is 5.97 Å². The van der Waals surface area contributed by atoms with E-state index in [4.69, 9.17) is 11.6 Å². The summed E-state index contributed by atoms with van der Waals surface area (Å²) in [6.07, 6.45) is 0. The van der Waals surface area contributed by atoms with Crippen LogP contribution in [0.5, 0.6) is 0 Å². The van der Waals surface area contributed by atoms with E-state index in [1.807, 2.05) is 13.0 Å². The minimum Gasteiger partial charge on any atom is -0.465 e. The molecule has 0 fully saturated rings. The maximum absolute atomic E-state index is 12.4. The second-order valence-electron chi connectivity index (χ2n) is 6.15. The van der Waals surface area contributed by atoms with Crippen LogP contribution in [0, 0.1) is 17.0 Å². The highest BCUT2D eigenvalue weighted by molar-refractivity contribution is 7.99. The number of carbonyl (C=O) groups excluding carboxylic acids is 2. The van der Waals surface area contributed by atoms with E-state index in [-0.39, 0.29) is 17.0 Å². The van der Waals surface area contributed by atoms with Crippen LogP contribution in [0.1, 0.15) is 15.9 Å². The first-order valence-electron chi connectivity index (χ1n) is 8.64. The van der Waals surface area contributed by atoms with Crippen LogP contribution in [0.15, 0.2) is 41.6 Å². The number of rotatable bonds is 7. The summed E-state index contributed by atoms with van der Waals surface area (Å²) in [5, 5.41) is 25.9. The van der Waals surface area contributed by atoms with Gasteiger partial charge in [0.1, 0.15) is 5.69 Å². The average molecular weight is 463 g/mol. The number of thioether (sulfide) groups is 1. The van der Waals surface area contributed by atoms with Crippen molar-refractivity contribution in [3.8, 4) is 5.69 Å². The Balaban J connectivity index is 1.73. The van der Waals surface area contributed by atoms with Crippen molar-refractivity contribution >= 4 is 46.6 Å². The first-order valence-corrected chi connectivity index (χ1v) is 10.0. The largest absolute Gasteiger partial charge is 0.465 e. The summed E-state index contributed by atoms with van der Waals surface area (Å²) < 4.78 is 5.95. The smallest absolute Gasteiger partial charge is 0.338 e. The summed E-state index contributed by atoms with van der Waals surface area (Å²) in [6, 6.07) is 8.99. The molecule has 1 amide bonds. The first-order chi connectivity index (χ1) is 14.8. The fraction of sp³-hybridized carbons (Fsp3) is 0.167. The zero-order valence-corrected chi connectivity index (χ0v) is 17.8. The SMILES string of the molecule is COC(=O)c1ccc(NC(=O)CSc2nnnn2-c2ccc(C)cc2Cl)c([N+](=O)[O-])c1. The Morgan fingerprint density at radius 3 is 2.74 bits per heavy atom. The van der Waals surface area contributed by atoms with E-state index in [2.05, 4.69) is 25.6 Å². The maximum atomic E-state index is 12.4. The zero-order valence-electron chi connectivity index (χ0n) is 16.2. The Bertz CT molecular complexity index is 1170. The van der Waals surface area contributed by atoms with Crippen molar-refractivity contribution in [3.63, 3.8) is 0 Å². The molecule has 1 aromatic heterocycles. The van der Waals surface area contributed by atoms with E-state index in [0.717, 1.165) is 23.4 Å². The predicted molar refractivity (Wildman–Crippen MR) is 113 cm³/mol. The van der Waals surface area contributed by atoms with E-state index in [9.17, 15) is 19.7 Å². The molecule has 160 valence electrons. The van der Waals surface area contributed by atoms with E-state index in [1.54, 1.807) is 12.1 Å². The molecule has 1 heterocycles. The lowest BCUT2D eigenvalue weighted by Crippen LogP contribution is -2.16. The molecule has 1 N–H and O–H groups in total. The summed E-state index contributed by atoms with van der Waals surface area (Å²) in [5.74, 6) is -1.37. The number of amides is 1. The number of anilines is 1. The Morgan fingerprint density at radius 2 is 2.06 bits per heavy atom. The van der Waals surface area contributed by atoms with Gasteiger partial charge in [-0.25, -0.2) is 4.79 Å². The number of esters is 1. The van der Waals surface area contributed by atoms with Crippen molar-refractivity contribution < 1.29 is 19.2 Å². The number of hydrogen-bond donors (Lipinski definition) is 1. The quantitative estimate of drug-likeness (QED) is 0.242. The van der Waals surface area contributed by atoms with Crippen LogP contribution in [0.2, 0.25) is 5.02 Å². The number of hydrogen-bond acceptors (Lipinski definition) is 9. The van der Waals surface area contributed by atoms with Crippen LogP contribution in [-0.4, -0.2) is 49.9 Å². The third-order valence-electron chi connectivity index (χ3n) is 3.99. The molecule has 0 saturated heterocycles.